The van der Waals surface area contributed by atoms with Gasteiger partial charge in [0.25, 0.3) is 0 Å². The lowest BCUT2D eigenvalue weighted by Crippen LogP contribution is -2.44. The highest BCUT2D eigenvalue weighted by Gasteiger charge is 2.60. The summed E-state index contributed by atoms with van der Waals surface area (Å²) >= 11 is 0. The molecule has 0 aliphatic heterocycles. The van der Waals surface area contributed by atoms with Gasteiger partial charge in [-0.05, 0) is 43.9 Å². The predicted octanol–water partition coefficient (Wildman–Crippen LogP) is 2.62. The fourth-order valence-electron chi connectivity index (χ4n) is 2.63. The second-order valence-corrected chi connectivity index (χ2v) is 5.89. The van der Waals surface area contributed by atoms with E-state index in [1.165, 1.54) is 0 Å². The minimum atomic E-state index is -0.669. The second kappa shape index (κ2) is 2.73. The SMILES string of the molecule is CC1(C)CCC(O)(C2(C#N)CC2)CC1. The van der Waals surface area contributed by atoms with Crippen LogP contribution in [0.25, 0.3) is 0 Å². The molecular formula is C12H19NO. The molecule has 78 valence electrons. The van der Waals surface area contributed by atoms with Crippen molar-refractivity contribution in [3.05, 3.63) is 0 Å². The van der Waals surface area contributed by atoms with Crippen LogP contribution >= 0.6 is 0 Å². The summed E-state index contributed by atoms with van der Waals surface area (Å²) in [6, 6.07) is 2.34. The van der Waals surface area contributed by atoms with Crippen molar-refractivity contribution in [3.63, 3.8) is 0 Å². The third-order valence-corrected chi connectivity index (χ3v) is 4.29. The molecule has 0 aromatic carbocycles. The summed E-state index contributed by atoms with van der Waals surface area (Å²) in [5, 5.41) is 19.6. The minimum absolute atomic E-state index is 0.359. The zero-order valence-corrected chi connectivity index (χ0v) is 9.14. The summed E-state index contributed by atoms with van der Waals surface area (Å²) in [6.07, 6.45) is 5.53. The van der Waals surface area contributed by atoms with E-state index < -0.39 is 5.60 Å². The van der Waals surface area contributed by atoms with E-state index in [-0.39, 0.29) is 5.41 Å². The Kier molecular flexibility index (Phi) is 1.95. The number of aliphatic hydroxyl groups is 1. The van der Waals surface area contributed by atoms with Gasteiger partial charge in [-0.3, -0.25) is 0 Å². The molecule has 0 spiro atoms. The minimum Gasteiger partial charge on any atom is -0.388 e. The Morgan fingerprint density at radius 1 is 1.00 bits per heavy atom. The number of rotatable bonds is 1. The first-order valence-electron chi connectivity index (χ1n) is 5.57. The topological polar surface area (TPSA) is 44.0 Å². The van der Waals surface area contributed by atoms with E-state index >= 15 is 0 Å². The molecular weight excluding hydrogens is 174 g/mol. The molecule has 2 rings (SSSR count). The number of nitriles is 1. The second-order valence-electron chi connectivity index (χ2n) is 5.89. The molecule has 0 heterocycles. The summed E-state index contributed by atoms with van der Waals surface area (Å²) < 4.78 is 0. The molecule has 2 saturated carbocycles. The van der Waals surface area contributed by atoms with Crippen LogP contribution in [0.15, 0.2) is 0 Å². The van der Waals surface area contributed by atoms with E-state index in [9.17, 15) is 5.11 Å². The largest absolute Gasteiger partial charge is 0.388 e. The van der Waals surface area contributed by atoms with Gasteiger partial charge in [0.1, 0.15) is 0 Å². The van der Waals surface area contributed by atoms with E-state index in [1.54, 1.807) is 0 Å². The van der Waals surface area contributed by atoms with Crippen molar-refractivity contribution in [2.45, 2.75) is 58.0 Å². The van der Waals surface area contributed by atoms with E-state index in [0.29, 0.717) is 5.41 Å². The molecule has 1 N–H and O–H groups in total. The van der Waals surface area contributed by atoms with E-state index in [4.69, 9.17) is 5.26 Å². The molecule has 0 radical (unpaired) electrons. The highest BCUT2D eigenvalue weighted by molar-refractivity contribution is 5.21. The summed E-state index contributed by atoms with van der Waals surface area (Å²) in [7, 11) is 0. The lowest BCUT2D eigenvalue weighted by Gasteiger charge is -2.42. The third kappa shape index (κ3) is 1.35. The number of hydrogen-bond donors (Lipinski definition) is 1. The third-order valence-electron chi connectivity index (χ3n) is 4.29. The van der Waals surface area contributed by atoms with Crippen LogP contribution in [-0.4, -0.2) is 10.7 Å². The van der Waals surface area contributed by atoms with Crippen LogP contribution < -0.4 is 0 Å². The van der Waals surface area contributed by atoms with Crippen LogP contribution in [0.4, 0.5) is 0 Å². The normalized spacial score (nSPS) is 31.9. The predicted molar refractivity (Wildman–Crippen MR) is 54.5 cm³/mol. The molecule has 0 atom stereocenters. The standard InChI is InChI=1S/C12H19NO/c1-10(2)3-7-12(14,8-4-10)11(9-13)5-6-11/h14H,3-8H2,1-2H3. The molecule has 14 heavy (non-hydrogen) atoms. The molecule has 2 nitrogen and oxygen atoms in total. The Morgan fingerprint density at radius 3 is 1.86 bits per heavy atom. The molecule has 2 fully saturated rings. The van der Waals surface area contributed by atoms with Gasteiger partial charge < -0.3 is 5.11 Å². The van der Waals surface area contributed by atoms with Gasteiger partial charge in [-0.2, -0.15) is 5.26 Å². The van der Waals surface area contributed by atoms with Gasteiger partial charge in [-0.1, -0.05) is 13.8 Å². The summed E-state index contributed by atoms with van der Waals surface area (Å²) in [5.41, 5.74) is -0.682. The van der Waals surface area contributed by atoms with Crippen LogP contribution in [0.5, 0.6) is 0 Å². The van der Waals surface area contributed by atoms with Crippen LogP contribution in [0.3, 0.4) is 0 Å². The molecule has 2 heteroatoms. The van der Waals surface area contributed by atoms with Crippen molar-refractivity contribution in [1.82, 2.24) is 0 Å². The van der Waals surface area contributed by atoms with Crippen molar-refractivity contribution >= 4 is 0 Å². The maximum Gasteiger partial charge on any atom is 0.0861 e. The van der Waals surface area contributed by atoms with Gasteiger partial charge in [0.15, 0.2) is 0 Å². The first-order valence-corrected chi connectivity index (χ1v) is 5.57. The maximum absolute atomic E-state index is 10.5. The van der Waals surface area contributed by atoms with Crippen molar-refractivity contribution < 1.29 is 5.11 Å². The van der Waals surface area contributed by atoms with Crippen molar-refractivity contribution in [1.29, 1.82) is 5.26 Å². The van der Waals surface area contributed by atoms with Gasteiger partial charge in [-0.15, -0.1) is 0 Å². The number of nitrogens with zero attached hydrogens (tertiary/aromatic N) is 1. The van der Waals surface area contributed by atoms with Gasteiger partial charge in [0.2, 0.25) is 0 Å². The lowest BCUT2D eigenvalue weighted by molar-refractivity contribution is -0.0650. The zero-order chi connectivity index (χ0) is 10.4. The van der Waals surface area contributed by atoms with E-state index in [1.807, 2.05) is 0 Å². The molecule has 0 aromatic heterocycles. The van der Waals surface area contributed by atoms with Crippen LogP contribution in [0.2, 0.25) is 0 Å². The molecule has 0 saturated heterocycles. The summed E-state index contributed by atoms with van der Waals surface area (Å²) in [4.78, 5) is 0. The first-order chi connectivity index (χ1) is 6.43. The Morgan fingerprint density at radius 2 is 1.50 bits per heavy atom. The van der Waals surface area contributed by atoms with Gasteiger partial charge >= 0.3 is 0 Å². The van der Waals surface area contributed by atoms with Gasteiger partial charge in [0, 0.05) is 0 Å². The molecule has 0 unspecified atom stereocenters. The Hall–Kier alpha value is -0.550. The van der Waals surface area contributed by atoms with Gasteiger partial charge in [-0.25, -0.2) is 0 Å². The fourth-order valence-corrected chi connectivity index (χ4v) is 2.63. The molecule has 2 aliphatic rings. The molecule has 2 aliphatic carbocycles. The van der Waals surface area contributed by atoms with E-state index in [0.717, 1.165) is 38.5 Å². The summed E-state index contributed by atoms with van der Waals surface area (Å²) in [6.45, 7) is 4.50. The van der Waals surface area contributed by atoms with Crippen LogP contribution in [0, 0.1) is 22.2 Å². The maximum atomic E-state index is 10.5. The van der Waals surface area contributed by atoms with Crippen molar-refractivity contribution in [2.24, 2.45) is 10.8 Å². The average Bonchev–Trinajstić information content (AvgIpc) is 2.92. The Labute approximate surface area is 85.9 Å². The number of hydrogen-bond acceptors (Lipinski definition) is 2. The highest BCUT2D eigenvalue weighted by atomic mass is 16.3. The zero-order valence-electron chi connectivity index (χ0n) is 9.14. The van der Waals surface area contributed by atoms with Crippen molar-refractivity contribution in [3.8, 4) is 6.07 Å². The molecule has 0 aromatic rings. The van der Waals surface area contributed by atoms with Crippen LogP contribution in [-0.2, 0) is 0 Å². The lowest BCUT2D eigenvalue weighted by atomic mass is 9.66. The van der Waals surface area contributed by atoms with Gasteiger partial charge in [0.05, 0.1) is 17.1 Å². The van der Waals surface area contributed by atoms with E-state index in [2.05, 4.69) is 19.9 Å². The van der Waals surface area contributed by atoms with Crippen LogP contribution in [0.1, 0.15) is 52.4 Å². The monoisotopic (exact) mass is 193 g/mol. The summed E-state index contributed by atoms with van der Waals surface area (Å²) in [5.74, 6) is 0. The first kappa shape index (κ1) is 9.98. The van der Waals surface area contributed by atoms with Crippen molar-refractivity contribution in [2.75, 3.05) is 0 Å². The highest BCUT2D eigenvalue weighted by Crippen LogP contribution is 2.60. The average molecular weight is 193 g/mol. The Bertz CT molecular complexity index is 273. The molecule has 0 amide bonds. The smallest absolute Gasteiger partial charge is 0.0861 e. The quantitative estimate of drug-likeness (QED) is 0.695. The fraction of sp³-hybridized carbons (Fsp3) is 0.917. The molecule has 0 bridgehead atoms. The Balaban J connectivity index is 2.10.